The molecule has 0 unspecified atom stereocenters. The van der Waals surface area contributed by atoms with Gasteiger partial charge in [-0.25, -0.2) is 0 Å². The van der Waals surface area contributed by atoms with Gasteiger partial charge in [0.05, 0.1) is 6.61 Å². The van der Waals surface area contributed by atoms with Crippen LogP contribution >= 0.6 is 0 Å². The molecule has 0 aliphatic carbocycles. The Morgan fingerprint density at radius 3 is 1.95 bits per heavy atom. The van der Waals surface area contributed by atoms with Crippen molar-refractivity contribution in [2.75, 3.05) is 19.8 Å². The van der Waals surface area contributed by atoms with Gasteiger partial charge in [-0.1, -0.05) is 11.8 Å². The maximum atomic E-state index is 13.0. The first kappa shape index (κ1) is 17.3. The molecule has 106 valence electrons. The number of carbonyl (C=O) groups is 1. The maximum absolute atomic E-state index is 13.0. The van der Waals surface area contributed by atoms with Crippen molar-refractivity contribution < 1.29 is 32.2 Å². The van der Waals surface area contributed by atoms with Crippen molar-refractivity contribution in [2.24, 2.45) is 0 Å². The summed E-state index contributed by atoms with van der Waals surface area (Å²) in [6.45, 7) is 0.00177. The number of alkyl halides is 3. The molecule has 0 aliphatic heterocycles. The van der Waals surface area contributed by atoms with Gasteiger partial charge in [-0.05, 0) is 6.92 Å². The Balaban J connectivity index is 5.18. The fraction of sp³-hybridized carbons (Fsp3) is 0.583. The van der Waals surface area contributed by atoms with E-state index in [9.17, 15) is 18.0 Å². The lowest BCUT2D eigenvalue weighted by Gasteiger charge is -2.33. The van der Waals surface area contributed by atoms with Crippen LogP contribution in [0, 0.1) is 24.7 Å². The molecule has 0 aromatic heterocycles. The number of esters is 1. The fourth-order valence-corrected chi connectivity index (χ4v) is 1.13. The standard InChI is InChI=1S/C12H13F3O4/c1-4-7-18-11(12(13,14)15,19-8-5-2)9-10(16)17-6-3/h1-2H,6-9H2,3H3. The smallest absolute Gasteiger partial charge is 0.443 e. The van der Waals surface area contributed by atoms with Gasteiger partial charge in [0, 0.05) is 0 Å². The number of halogens is 3. The summed E-state index contributed by atoms with van der Waals surface area (Å²) in [5.74, 6) is -0.586. The van der Waals surface area contributed by atoms with Gasteiger partial charge in [-0.15, -0.1) is 12.8 Å². The first-order chi connectivity index (χ1) is 8.83. The molecular formula is C12H13F3O4. The van der Waals surface area contributed by atoms with E-state index in [-0.39, 0.29) is 6.61 Å². The van der Waals surface area contributed by atoms with Gasteiger partial charge in [0.25, 0.3) is 5.79 Å². The molecule has 4 nitrogen and oxygen atoms in total. The lowest BCUT2D eigenvalue weighted by molar-refractivity contribution is -0.375. The second-order valence-corrected chi connectivity index (χ2v) is 3.22. The molecule has 0 aliphatic rings. The minimum absolute atomic E-state index is 0.0724. The molecule has 0 N–H and O–H groups in total. The Hall–Kier alpha value is -1.70. The third-order valence-electron chi connectivity index (χ3n) is 1.89. The summed E-state index contributed by atoms with van der Waals surface area (Å²) < 4.78 is 52.5. The first-order valence-electron chi connectivity index (χ1n) is 5.20. The van der Waals surface area contributed by atoms with E-state index in [0.717, 1.165) is 0 Å². The Morgan fingerprint density at radius 2 is 1.63 bits per heavy atom. The molecule has 0 atom stereocenters. The second-order valence-electron chi connectivity index (χ2n) is 3.22. The molecule has 0 fully saturated rings. The molecule has 0 saturated heterocycles. The van der Waals surface area contributed by atoms with Crippen LogP contribution < -0.4 is 0 Å². The zero-order chi connectivity index (χ0) is 14.9. The van der Waals surface area contributed by atoms with Crippen molar-refractivity contribution in [2.45, 2.75) is 25.3 Å². The van der Waals surface area contributed by atoms with Crippen LogP contribution in [0.5, 0.6) is 0 Å². The molecule has 7 heteroatoms. The van der Waals surface area contributed by atoms with Gasteiger partial charge in [-0.2, -0.15) is 13.2 Å². The predicted octanol–water partition coefficient (Wildman–Crippen LogP) is 1.50. The Labute approximate surface area is 109 Å². The fourth-order valence-electron chi connectivity index (χ4n) is 1.13. The lowest BCUT2D eigenvalue weighted by Crippen LogP contribution is -2.52. The van der Waals surface area contributed by atoms with E-state index in [0.29, 0.717) is 0 Å². The molecule has 0 radical (unpaired) electrons. The van der Waals surface area contributed by atoms with Crippen LogP contribution in [0.1, 0.15) is 13.3 Å². The number of carbonyl (C=O) groups excluding carboxylic acids is 1. The molecule has 0 spiro atoms. The van der Waals surface area contributed by atoms with E-state index in [1.165, 1.54) is 6.92 Å². The van der Waals surface area contributed by atoms with E-state index in [1.807, 2.05) is 11.8 Å². The van der Waals surface area contributed by atoms with Crippen LogP contribution in [0.15, 0.2) is 0 Å². The minimum atomic E-state index is -4.99. The number of rotatable bonds is 7. The Morgan fingerprint density at radius 1 is 1.16 bits per heavy atom. The van der Waals surface area contributed by atoms with Gasteiger partial charge < -0.3 is 14.2 Å². The largest absolute Gasteiger partial charge is 0.466 e. The highest BCUT2D eigenvalue weighted by Gasteiger charge is 2.59. The van der Waals surface area contributed by atoms with E-state index in [2.05, 4.69) is 14.2 Å². The topological polar surface area (TPSA) is 44.8 Å². The highest BCUT2D eigenvalue weighted by molar-refractivity contribution is 5.70. The van der Waals surface area contributed by atoms with Crippen LogP contribution in [0.4, 0.5) is 13.2 Å². The monoisotopic (exact) mass is 278 g/mol. The quantitative estimate of drug-likeness (QED) is 0.402. The van der Waals surface area contributed by atoms with E-state index >= 15 is 0 Å². The van der Waals surface area contributed by atoms with Crippen LogP contribution in [0.3, 0.4) is 0 Å². The van der Waals surface area contributed by atoms with Gasteiger partial charge in [0.1, 0.15) is 19.6 Å². The molecule has 0 bridgehead atoms. The van der Waals surface area contributed by atoms with Gasteiger partial charge in [0.15, 0.2) is 0 Å². The van der Waals surface area contributed by atoms with Crippen molar-refractivity contribution in [1.29, 1.82) is 0 Å². The summed E-state index contributed by atoms with van der Waals surface area (Å²) >= 11 is 0. The van der Waals surface area contributed by atoms with Gasteiger partial charge in [0.2, 0.25) is 0 Å². The molecule has 0 heterocycles. The number of hydrogen-bond donors (Lipinski definition) is 0. The van der Waals surface area contributed by atoms with E-state index < -0.39 is 37.6 Å². The summed E-state index contributed by atoms with van der Waals surface area (Å²) in [6.07, 6.45) is 3.51. The van der Waals surface area contributed by atoms with Crippen molar-refractivity contribution in [3.63, 3.8) is 0 Å². The average Bonchev–Trinajstić information content (AvgIpc) is 2.31. The summed E-state index contributed by atoms with van der Waals surface area (Å²) in [5.41, 5.74) is 0. The molecular weight excluding hydrogens is 265 g/mol. The van der Waals surface area contributed by atoms with Crippen molar-refractivity contribution in [1.82, 2.24) is 0 Å². The van der Waals surface area contributed by atoms with E-state index in [1.54, 1.807) is 0 Å². The summed E-state index contributed by atoms with van der Waals surface area (Å²) in [5, 5.41) is 0. The molecule has 19 heavy (non-hydrogen) atoms. The zero-order valence-electron chi connectivity index (χ0n) is 10.3. The number of hydrogen-bond acceptors (Lipinski definition) is 4. The lowest BCUT2D eigenvalue weighted by atomic mass is 10.1. The van der Waals surface area contributed by atoms with Crippen molar-refractivity contribution in [3.05, 3.63) is 0 Å². The van der Waals surface area contributed by atoms with Crippen molar-refractivity contribution in [3.8, 4) is 24.7 Å². The Bertz CT molecular complexity index is 358. The van der Waals surface area contributed by atoms with Crippen molar-refractivity contribution >= 4 is 5.97 Å². The van der Waals surface area contributed by atoms with E-state index in [4.69, 9.17) is 12.8 Å². The number of ether oxygens (including phenoxy) is 3. The normalized spacial score (nSPS) is 11.5. The summed E-state index contributed by atoms with van der Waals surface area (Å²) in [6, 6.07) is 0. The first-order valence-corrected chi connectivity index (χ1v) is 5.20. The third kappa shape index (κ3) is 5.21. The maximum Gasteiger partial charge on any atom is 0.443 e. The van der Waals surface area contributed by atoms with Crippen LogP contribution in [0.2, 0.25) is 0 Å². The third-order valence-corrected chi connectivity index (χ3v) is 1.89. The average molecular weight is 278 g/mol. The SMILES string of the molecule is C#CCOC(CC(=O)OCC)(OCC#C)C(F)(F)F. The summed E-state index contributed by atoms with van der Waals surface area (Å²) in [7, 11) is 0. The van der Waals surface area contributed by atoms with Crippen LogP contribution in [0.25, 0.3) is 0 Å². The molecule has 0 amide bonds. The van der Waals surface area contributed by atoms with Crippen LogP contribution in [-0.4, -0.2) is 37.8 Å². The zero-order valence-corrected chi connectivity index (χ0v) is 10.3. The second kappa shape index (κ2) is 7.67. The highest BCUT2D eigenvalue weighted by atomic mass is 19.4. The predicted molar refractivity (Wildman–Crippen MR) is 59.6 cm³/mol. The van der Waals surface area contributed by atoms with Crippen LogP contribution in [-0.2, 0) is 19.0 Å². The molecule has 0 rings (SSSR count). The minimum Gasteiger partial charge on any atom is -0.466 e. The molecule has 0 saturated carbocycles. The molecule has 0 aromatic carbocycles. The highest BCUT2D eigenvalue weighted by Crippen LogP contribution is 2.38. The molecule has 0 aromatic rings. The Kier molecular flexibility index (Phi) is 6.99. The number of terminal acetylenes is 2. The van der Waals surface area contributed by atoms with Gasteiger partial charge >= 0.3 is 12.1 Å². The summed E-state index contributed by atoms with van der Waals surface area (Å²) in [4.78, 5) is 11.2. The van der Waals surface area contributed by atoms with Gasteiger partial charge in [-0.3, -0.25) is 4.79 Å².